The van der Waals surface area contributed by atoms with Crippen LogP contribution in [0.2, 0.25) is 0 Å². The molecule has 0 unspecified atom stereocenters. The fourth-order valence-electron chi connectivity index (χ4n) is 3.33. The first-order valence-corrected chi connectivity index (χ1v) is 6.97. The molecule has 1 N–H and O–H groups in total. The summed E-state index contributed by atoms with van der Waals surface area (Å²) in [6.07, 6.45) is 2.53. The fourth-order valence-corrected chi connectivity index (χ4v) is 3.33. The van der Waals surface area contributed by atoms with Crippen molar-refractivity contribution in [2.24, 2.45) is 5.92 Å². The van der Waals surface area contributed by atoms with E-state index >= 15 is 0 Å². The van der Waals surface area contributed by atoms with E-state index in [0.717, 1.165) is 24.8 Å². The Kier molecular flexibility index (Phi) is 3.96. The van der Waals surface area contributed by atoms with Crippen LogP contribution in [-0.4, -0.2) is 20.2 Å². The third-order valence-electron chi connectivity index (χ3n) is 4.12. The Hall–Kier alpha value is -1.02. The van der Waals surface area contributed by atoms with E-state index in [1.807, 2.05) is 0 Å². The summed E-state index contributed by atoms with van der Waals surface area (Å²) in [5.41, 5.74) is 3.00. The van der Waals surface area contributed by atoms with Crippen molar-refractivity contribution < 1.29 is 4.74 Å². The Morgan fingerprint density at radius 1 is 1.39 bits per heavy atom. The summed E-state index contributed by atoms with van der Waals surface area (Å²) < 4.78 is 5.57. The molecule has 0 heterocycles. The molecule has 2 rings (SSSR count). The first kappa shape index (κ1) is 13.4. The predicted octanol–water partition coefficient (Wildman–Crippen LogP) is 3.28. The number of nitrogens with one attached hydrogen (secondary N) is 1. The molecule has 0 bridgehead atoms. The molecule has 1 aromatic carbocycles. The van der Waals surface area contributed by atoms with Gasteiger partial charge in [-0.2, -0.15) is 0 Å². The predicted molar refractivity (Wildman–Crippen MR) is 76.4 cm³/mol. The van der Waals surface area contributed by atoms with Crippen molar-refractivity contribution >= 4 is 0 Å². The number of benzene rings is 1. The van der Waals surface area contributed by atoms with Crippen LogP contribution >= 0.6 is 0 Å². The van der Waals surface area contributed by atoms with Crippen LogP contribution in [0.4, 0.5) is 0 Å². The van der Waals surface area contributed by atoms with E-state index in [0.29, 0.717) is 0 Å². The number of methoxy groups -OCH3 is 1. The molecule has 0 aromatic heterocycles. The summed E-state index contributed by atoms with van der Waals surface area (Å²) in [5, 5.41) is 3.53. The Bertz CT molecular complexity index is 408. The second kappa shape index (κ2) is 5.31. The maximum absolute atomic E-state index is 5.57. The van der Waals surface area contributed by atoms with Gasteiger partial charge in [0.15, 0.2) is 0 Å². The highest BCUT2D eigenvalue weighted by molar-refractivity contribution is 5.44. The molecular weight excluding hydrogens is 222 g/mol. The zero-order chi connectivity index (χ0) is 13.2. The minimum atomic E-state index is 0.285. The van der Waals surface area contributed by atoms with E-state index in [4.69, 9.17) is 4.74 Å². The highest BCUT2D eigenvalue weighted by Gasteiger charge is 2.44. The van der Waals surface area contributed by atoms with E-state index in [9.17, 15) is 0 Å². The molecule has 2 nitrogen and oxygen atoms in total. The summed E-state index contributed by atoms with van der Waals surface area (Å²) in [6.45, 7) is 8.76. The lowest BCUT2D eigenvalue weighted by Crippen LogP contribution is -2.48. The lowest BCUT2D eigenvalue weighted by Gasteiger charge is -2.48. The average molecular weight is 247 g/mol. The van der Waals surface area contributed by atoms with Crippen molar-refractivity contribution in [2.45, 2.75) is 39.0 Å². The van der Waals surface area contributed by atoms with Crippen molar-refractivity contribution in [1.82, 2.24) is 5.32 Å². The first-order chi connectivity index (χ1) is 8.61. The van der Waals surface area contributed by atoms with Crippen LogP contribution in [-0.2, 0) is 5.41 Å². The van der Waals surface area contributed by atoms with E-state index in [-0.39, 0.29) is 5.41 Å². The van der Waals surface area contributed by atoms with Crippen LogP contribution in [0.1, 0.15) is 37.8 Å². The molecule has 100 valence electrons. The van der Waals surface area contributed by atoms with Gasteiger partial charge in [0.1, 0.15) is 5.75 Å². The van der Waals surface area contributed by atoms with Crippen LogP contribution in [0.5, 0.6) is 5.75 Å². The molecule has 0 radical (unpaired) electrons. The zero-order valence-electron chi connectivity index (χ0n) is 12.0. The Labute approximate surface area is 111 Å². The highest BCUT2D eigenvalue weighted by atomic mass is 16.5. The van der Waals surface area contributed by atoms with Crippen LogP contribution in [0.3, 0.4) is 0 Å². The Morgan fingerprint density at radius 3 is 2.67 bits per heavy atom. The number of rotatable bonds is 5. The number of hydrogen-bond donors (Lipinski definition) is 1. The third-order valence-corrected chi connectivity index (χ3v) is 4.12. The lowest BCUT2D eigenvalue weighted by atomic mass is 9.58. The van der Waals surface area contributed by atoms with Crippen LogP contribution in [0.15, 0.2) is 18.2 Å². The van der Waals surface area contributed by atoms with Gasteiger partial charge in [0.25, 0.3) is 0 Å². The van der Waals surface area contributed by atoms with E-state index in [1.54, 1.807) is 7.11 Å². The largest absolute Gasteiger partial charge is 0.496 e. The van der Waals surface area contributed by atoms with Gasteiger partial charge in [-0.15, -0.1) is 0 Å². The number of likely N-dealkylation sites (N-methyl/N-ethyl adjacent to an activating group) is 1. The minimum absolute atomic E-state index is 0.285. The molecular formula is C16H25NO. The van der Waals surface area contributed by atoms with Gasteiger partial charge >= 0.3 is 0 Å². The highest BCUT2D eigenvalue weighted by Crippen LogP contribution is 2.50. The second-order valence-corrected chi connectivity index (χ2v) is 5.78. The van der Waals surface area contributed by atoms with Gasteiger partial charge in [-0.05, 0) is 38.3 Å². The molecule has 0 aliphatic heterocycles. The normalized spacial score (nSPS) is 26.8. The van der Waals surface area contributed by atoms with Gasteiger partial charge in [0, 0.05) is 17.5 Å². The quantitative estimate of drug-likeness (QED) is 0.862. The van der Waals surface area contributed by atoms with Crippen LogP contribution < -0.4 is 10.1 Å². The van der Waals surface area contributed by atoms with Gasteiger partial charge in [-0.1, -0.05) is 31.5 Å². The lowest BCUT2D eigenvalue weighted by molar-refractivity contribution is 0.149. The molecule has 2 heteroatoms. The minimum Gasteiger partial charge on any atom is -0.496 e. The van der Waals surface area contributed by atoms with Crippen LogP contribution in [0.25, 0.3) is 0 Å². The molecule has 1 fully saturated rings. The van der Waals surface area contributed by atoms with Crippen molar-refractivity contribution in [3.63, 3.8) is 0 Å². The maximum atomic E-state index is 5.57. The Morgan fingerprint density at radius 2 is 2.11 bits per heavy atom. The zero-order valence-corrected chi connectivity index (χ0v) is 12.0. The smallest absolute Gasteiger partial charge is 0.122 e. The molecule has 18 heavy (non-hydrogen) atoms. The van der Waals surface area contributed by atoms with Gasteiger partial charge in [-0.3, -0.25) is 0 Å². The first-order valence-electron chi connectivity index (χ1n) is 6.97. The van der Waals surface area contributed by atoms with Crippen molar-refractivity contribution in [2.75, 3.05) is 20.2 Å². The van der Waals surface area contributed by atoms with Gasteiger partial charge in [0.05, 0.1) is 7.11 Å². The molecule has 1 aliphatic rings. The summed E-state index contributed by atoms with van der Waals surface area (Å²) in [7, 11) is 1.78. The molecule has 0 atom stereocenters. The average Bonchev–Trinajstić information content (AvgIpc) is 2.33. The molecule has 1 aromatic rings. The van der Waals surface area contributed by atoms with Crippen molar-refractivity contribution in [1.29, 1.82) is 0 Å². The molecule has 1 aliphatic carbocycles. The standard InChI is InChI=1S/C16H25NO/c1-5-17-11-16(9-13(3)10-16)14-8-12(2)6-7-15(14)18-4/h6-8,13,17H,5,9-11H2,1-4H3. The summed E-state index contributed by atoms with van der Waals surface area (Å²) in [5.74, 6) is 1.87. The van der Waals surface area contributed by atoms with Crippen molar-refractivity contribution in [3.05, 3.63) is 29.3 Å². The molecule has 0 saturated heterocycles. The molecule has 0 spiro atoms. The molecule has 1 saturated carbocycles. The Balaban J connectivity index is 2.33. The van der Waals surface area contributed by atoms with Gasteiger partial charge in [0.2, 0.25) is 0 Å². The van der Waals surface area contributed by atoms with Crippen LogP contribution in [0, 0.1) is 12.8 Å². The van der Waals surface area contributed by atoms with Gasteiger partial charge < -0.3 is 10.1 Å². The fraction of sp³-hybridized carbons (Fsp3) is 0.625. The SMILES string of the molecule is CCNCC1(c2cc(C)ccc2OC)CC(C)C1. The monoisotopic (exact) mass is 247 g/mol. The summed E-state index contributed by atoms with van der Waals surface area (Å²) >= 11 is 0. The summed E-state index contributed by atoms with van der Waals surface area (Å²) in [6, 6.07) is 6.55. The molecule has 0 amide bonds. The number of ether oxygens (including phenoxy) is 1. The van der Waals surface area contributed by atoms with E-state index < -0.39 is 0 Å². The number of hydrogen-bond acceptors (Lipinski definition) is 2. The maximum Gasteiger partial charge on any atom is 0.122 e. The number of aryl methyl sites for hydroxylation is 1. The van der Waals surface area contributed by atoms with Crippen molar-refractivity contribution in [3.8, 4) is 5.75 Å². The third kappa shape index (κ3) is 2.39. The topological polar surface area (TPSA) is 21.3 Å². The summed E-state index contributed by atoms with van der Waals surface area (Å²) in [4.78, 5) is 0. The van der Waals surface area contributed by atoms with E-state index in [1.165, 1.54) is 24.0 Å². The van der Waals surface area contributed by atoms with E-state index in [2.05, 4.69) is 44.3 Å². The second-order valence-electron chi connectivity index (χ2n) is 5.78. The van der Waals surface area contributed by atoms with Gasteiger partial charge in [-0.25, -0.2) is 0 Å².